The fraction of sp³-hybridized carbons (Fsp3) is 0.568. The highest BCUT2D eigenvalue weighted by Gasteiger charge is 2.50. The van der Waals surface area contributed by atoms with E-state index in [2.05, 4.69) is 19.4 Å². The number of benzene rings is 2. The monoisotopic (exact) mass is 946 g/mol. The number of methoxy groups -OCH3 is 1. The Labute approximate surface area is 367 Å². The van der Waals surface area contributed by atoms with Crippen molar-refractivity contribution >= 4 is 34.1 Å². The second-order valence-corrected chi connectivity index (χ2v) is 17.6. The van der Waals surface area contributed by atoms with E-state index < -0.39 is 82.9 Å². The molecular formula is C44H59IN4O11. The number of ether oxygens (including phenoxy) is 4. The van der Waals surface area contributed by atoms with Crippen molar-refractivity contribution in [2.24, 2.45) is 33.7 Å². The third-order valence-corrected chi connectivity index (χ3v) is 12.8. The Hall–Kier alpha value is -4.10. The van der Waals surface area contributed by atoms with E-state index >= 15 is 0 Å². The maximum atomic E-state index is 14.7. The summed E-state index contributed by atoms with van der Waals surface area (Å²) in [6, 6.07) is 0. The van der Waals surface area contributed by atoms with Gasteiger partial charge in [0.1, 0.15) is 28.6 Å². The molecule has 4 aliphatic heterocycles. The number of carbonyl (C=O) groups is 3. The van der Waals surface area contributed by atoms with Gasteiger partial charge in [0.15, 0.2) is 11.4 Å². The first kappa shape index (κ1) is 47.0. The van der Waals surface area contributed by atoms with Crippen molar-refractivity contribution in [1.82, 2.24) is 0 Å². The van der Waals surface area contributed by atoms with E-state index in [4.69, 9.17) is 28.9 Å². The molecule has 16 heteroatoms. The number of esters is 1. The minimum Gasteiger partial charge on any atom is -1.00 e. The molecule has 2 aromatic carbocycles. The summed E-state index contributed by atoms with van der Waals surface area (Å²) in [5.41, 5.74) is -0.559. The smallest absolute Gasteiger partial charge is 0.312 e. The largest absolute Gasteiger partial charge is 1.00 e. The number of nitrogens with one attached hydrogen (secondary N) is 1. The molecule has 1 amide bonds. The molecule has 0 aromatic heterocycles. The molecule has 0 radical (unpaired) electrons. The van der Waals surface area contributed by atoms with Crippen molar-refractivity contribution in [1.29, 1.82) is 0 Å². The highest BCUT2D eigenvalue weighted by molar-refractivity contribution is 6.19. The summed E-state index contributed by atoms with van der Waals surface area (Å²) in [6.07, 6.45) is 5.06. The molecule has 4 heterocycles. The number of allylic oxidation sites excluding steroid dienone is 2. The molecule has 60 heavy (non-hydrogen) atoms. The summed E-state index contributed by atoms with van der Waals surface area (Å²) in [5.74, 6) is -6.89. The maximum absolute atomic E-state index is 14.7. The normalized spacial score (nSPS) is 33.2. The number of ketones is 1. The first-order chi connectivity index (χ1) is 27.6. The number of halogens is 1. The van der Waals surface area contributed by atoms with Gasteiger partial charge in [0, 0.05) is 74.0 Å². The van der Waals surface area contributed by atoms with Crippen LogP contribution >= 0.6 is 0 Å². The van der Waals surface area contributed by atoms with Crippen molar-refractivity contribution in [2.45, 2.75) is 104 Å². The summed E-state index contributed by atoms with van der Waals surface area (Å²) in [7, 11) is 5.71. The van der Waals surface area contributed by atoms with Gasteiger partial charge in [-0.15, -0.1) is 0 Å². The zero-order valence-corrected chi connectivity index (χ0v) is 38.4. The Morgan fingerprint density at radius 3 is 2.18 bits per heavy atom. The number of rotatable bonds is 2. The van der Waals surface area contributed by atoms with Gasteiger partial charge in [0.05, 0.1) is 68.1 Å². The molecule has 328 valence electrons. The predicted octanol–water partition coefficient (Wildman–Crippen LogP) is 0.872. The lowest BCUT2D eigenvalue weighted by Gasteiger charge is -2.39. The second-order valence-electron chi connectivity index (χ2n) is 17.6. The summed E-state index contributed by atoms with van der Waals surface area (Å²) in [6.45, 7) is 14.4. The van der Waals surface area contributed by atoms with E-state index in [0.29, 0.717) is 12.8 Å². The SMILES string of the molecule is CO[C@H]1/C=C/O[C@@]2(C)Oc3c(C)c(O)c4c(O)c(c5c(c4c3C2=O)=NC2(CC[N+](C)(C)CC2)N=5)NC(=O)/C(C)=C\C=C\[C@H](C)[C@H](O)[C@@H](C)[C@@H](O)[C@@H](C)[C@H](OC(C)=O)[C@@H]1C.[I-]. The summed E-state index contributed by atoms with van der Waals surface area (Å²) < 4.78 is 24.7. The van der Waals surface area contributed by atoms with Crippen LogP contribution in [0.25, 0.3) is 10.8 Å². The first-order valence-corrected chi connectivity index (χ1v) is 20.2. The number of aliphatic hydroxyl groups excluding tert-OH is 2. The van der Waals surface area contributed by atoms with Crippen molar-refractivity contribution in [3.8, 4) is 17.2 Å². The molecule has 1 spiro atoms. The van der Waals surface area contributed by atoms with Crippen molar-refractivity contribution < 1.29 is 82.2 Å². The summed E-state index contributed by atoms with van der Waals surface area (Å²) in [4.78, 5) is 51.1. The Kier molecular flexibility index (Phi) is 13.6. The molecule has 4 aliphatic rings. The number of quaternary nitrogens is 1. The summed E-state index contributed by atoms with van der Waals surface area (Å²) in [5, 5.41) is 50.0. The number of amides is 1. The molecule has 5 N–H and O–H groups in total. The van der Waals surface area contributed by atoms with Crippen LogP contribution < -0.4 is 44.7 Å². The molecule has 4 bridgehead atoms. The molecule has 0 unspecified atom stereocenters. The third kappa shape index (κ3) is 8.41. The van der Waals surface area contributed by atoms with Crippen LogP contribution in [0.15, 0.2) is 46.1 Å². The molecule has 15 nitrogen and oxygen atoms in total. The second kappa shape index (κ2) is 17.3. The lowest BCUT2D eigenvalue weighted by atomic mass is 9.78. The fourth-order valence-corrected chi connectivity index (χ4v) is 8.79. The van der Waals surface area contributed by atoms with Crippen molar-refractivity contribution in [2.75, 3.05) is 39.6 Å². The van der Waals surface area contributed by atoms with Gasteiger partial charge in [0.25, 0.3) is 11.7 Å². The van der Waals surface area contributed by atoms with Gasteiger partial charge in [-0.25, -0.2) is 0 Å². The van der Waals surface area contributed by atoms with Crippen LogP contribution in [0.2, 0.25) is 0 Å². The highest BCUT2D eigenvalue weighted by Crippen LogP contribution is 2.50. The molecule has 0 saturated carbocycles. The van der Waals surface area contributed by atoms with E-state index in [-0.39, 0.29) is 79.3 Å². The standard InChI is InChI=1S/C44H58N4O11.HI/c1-21-13-12-14-22(2)42(55)45-34-33-32(46-44(47-33)16-18-48(9,10)19-17-44)29-30(38(34)53)37(52)26(6)40-31(29)41(54)43(8,59-40)57-20-15-28(56-11)23(3)39(58-27(7)49)25(5)36(51)24(4)35(21)50;/h12-15,20-21,23-25,28,35-36,39,50-51H,16-19H2,1-11H3,(H2-,45,46,47,52,53,54,55);1H/b13-12+,20-15+,22-14-;/t21-,23+,24+,25+,28-,35-,36+,39+,43-;/m0./s1. The Morgan fingerprint density at radius 2 is 1.57 bits per heavy atom. The van der Waals surface area contributed by atoms with Gasteiger partial charge in [-0.1, -0.05) is 45.9 Å². The average molecular weight is 947 g/mol. The minimum atomic E-state index is -1.95. The van der Waals surface area contributed by atoms with Gasteiger partial charge >= 0.3 is 11.8 Å². The quantitative estimate of drug-likeness (QED) is 0.124. The zero-order chi connectivity index (χ0) is 43.5. The van der Waals surface area contributed by atoms with Gasteiger partial charge in [-0.2, -0.15) is 0 Å². The fourth-order valence-electron chi connectivity index (χ4n) is 8.79. The van der Waals surface area contributed by atoms with Gasteiger partial charge in [-0.05, 0) is 19.9 Å². The van der Waals surface area contributed by atoms with E-state index in [1.165, 1.54) is 27.2 Å². The molecule has 1 saturated heterocycles. The summed E-state index contributed by atoms with van der Waals surface area (Å²) >= 11 is 0. The number of fused-ring (bicyclic) bond motifs is 1. The van der Waals surface area contributed by atoms with Gasteiger partial charge in [-0.3, -0.25) is 24.4 Å². The van der Waals surface area contributed by atoms with Crippen LogP contribution in [-0.4, -0.2) is 113 Å². The highest BCUT2D eigenvalue weighted by atomic mass is 127. The van der Waals surface area contributed by atoms with Crippen LogP contribution in [0.1, 0.15) is 77.2 Å². The zero-order valence-electron chi connectivity index (χ0n) is 36.2. The van der Waals surface area contributed by atoms with E-state index in [1.807, 2.05) is 0 Å². The number of anilines is 1. The number of Topliss-reactive ketones (excluding diaryl/α,β-unsaturated/α-hetero) is 1. The molecule has 1 fully saturated rings. The number of phenols is 2. The van der Waals surface area contributed by atoms with Gasteiger partial charge in [0.2, 0.25) is 0 Å². The number of aromatic hydroxyl groups is 2. The minimum absolute atomic E-state index is 0. The maximum Gasteiger partial charge on any atom is 0.312 e. The molecular weight excluding hydrogens is 887 g/mol. The van der Waals surface area contributed by atoms with E-state index in [9.17, 15) is 34.8 Å². The number of phenolic OH excluding ortho intramolecular Hbond substituents is 2. The number of aliphatic hydroxyl groups is 2. The van der Waals surface area contributed by atoms with Crippen LogP contribution in [0.4, 0.5) is 5.69 Å². The van der Waals surface area contributed by atoms with Crippen LogP contribution in [0.5, 0.6) is 17.2 Å². The molecule has 6 rings (SSSR count). The van der Waals surface area contributed by atoms with Crippen LogP contribution in [0.3, 0.4) is 0 Å². The first-order valence-electron chi connectivity index (χ1n) is 20.2. The molecule has 2 aromatic rings. The molecule has 9 atom stereocenters. The Balaban J connectivity index is 0.00000683. The van der Waals surface area contributed by atoms with Crippen molar-refractivity contribution in [3.05, 3.63) is 58.0 Å². The number of hydrogen-bond acceptors (Lipinski definition) is 13. The third-order valence-electron chi connectivity index (χ3n) is 12.8. The topological polar surface area (TPSA) is 206 Å². The number of piperidine rings is 1. The number of hydrogen-bond donors (Lipinski definition) is 5. The number of likely N-dealkylation sites (tertiary alicyclic amines) is 1. The lowest BCUT2D eigenvalue weighted by Crippen LogP contribution is -3.00. The van der Waals surface area contributed by atoms with E-state index in [0.717, 1.165) is 17.6 Å². The van der Waals surface area contributed by atoms with Crippen LogP contribution in [-0.2, 0) is 23.8 Å². The van der Waals surface area contributed by atoms with E-state index in [1.54, 1.807) is 65.8 Å². The number of carbonyl (C=O) groups excluding carboxylic acids is 3. The van der Waals surface area contributed by atoms with Crippen molar-refractivity contribution in [3.63, 3.8) is 0 Å². The molecule has 0 aliphatic carbocycles. The Morgan fingerprint density at radius 1 is 0.933 bits per heavy atom. The van der Waals surface area contributed by atoms with Gasteiger partial charge < -0.3 is 73.2 Å². The Bertz CT molecular complexity index is 2280. The lowest BCUT2D eigenvalue weighted by molar-refractivity contribution is -0.896. The van der Waals surface area contributed by atoms with Crippen LogP contribution in [0, 0.1) is 30.6 Å². The predicted molar refractivity (Wildman–Crippen MR) is 218 cm³/mol. The average Bonchev–Trinajstić information content (AvgIpc) is 3.69. The number of nitrogens with zero attached hydrogens (tertiary/aromatic N) is 3.